The lowest BCUT2D eigenvalue weighted by atomic mass is 10.3. The van der Waals surface area contributed by atoms with E-state index in [1.807, 2.05) is 6.92 Å². The Morgan fingerprint density at radius 1 is 1.18 bits per heavy atom. The van der Waals surface area contributed by atoms with Gasteiger partial charge in [0.1, 0.15) is 0 Å². The maximum Gasteiger partial charge on any atom is 0.401 e. The molecular formula is C11H23F3N2O. The van der Waals surface area contributed by atoms with Gasteiger partial charge in [0.25, 0.3) is 0 Å². The third-order valence-electron chi connectivity index (χ3n) is 2.25. The van der Waals surface area contributed by atoms with Crippen LogP contribution in [0.2, 0.25) is 0 Å². The maximum atomic E-state index is 12.2. The fourth-order valence-corrected chi connectivity index (χ4v) is 1.57. The van der Waals surface area contributed by atoms with Gasteiger partial charge in [-0.05, 0) is 32.5 Å². The molecule has 0 heterocycles. The van der Waals surface area contributed by atoms with Gasteiger partial charge in [-0.3, -0.25) is 4.90 Å². The van der Waals surface area contributed by atoms with E-state index in [1.165, 1.54) is 4.90 Å². The summed E-state index contributed by atoms with van der Waals surface area (Å²) in [5, 5.41) is 3.11. The molecule has 3 nitrogen and oxygen atoms in total. The van der Waals surface area contributed by atoms with Crippen molar-refractivity contribution in [2.45, 2.75) is 25.9 Å². The van der Waals surface area contributed by atoms with Crippen molar-refractivity contribution in [3.05, 3.63) is 0 Å². The summed E-state index contributed by atoms with van der Waals surface area (Å²) in [6.07, 6.45) is -2.63. The number of hydrogen-bond donors (Lipinski definition) is 1. The summed E-state index contributed by atoms with van der Waals surface area (Å²) in [6.45, 7) is 4.15. The standard InChI is InChI=1S/C11H23F3N2O/c1-3-7-16(10-11(12,13)14)8-4-5-15-6-9-17-2/h15H,3-10H2,1-2H3. The molecule has 0 aliphatic heterocycles. The molecule has 6 heteroatoms. The first-order chi connectivity index (χ1) is 7.99. The first-order valence-corrected chi connectivity index (χ1v) is 5.98. The number of methoxy groups -OCH3 is 1. The largest absolute Gasteiger partial charge is 0.401 e. The Morgan fingerprint density at radius 2 is 1.88 bits per heavy atom. The van der Waals surface area contributed by atoms with Crippen molar-refractivity contribution in [3.63, 3.8) is 0 Å². The fourth-order valence-electron chi connectivity index (χ4n) is 1.57. The van der Waals surface area contributed by atoms with Gasteiger partial charge in [0.2, 0.25) is 0 Å². The van der Waals surface area contributed by atoms with Crippen LogP contribution in [0.15, 0.2) is 0 Å². The van der Waals surface area contributed by atoms with Crippen LogP contribution in [-0.4, -0.2) is 57.5 Å². The molecule has 0 radical (unpaired) electrons. The quantitative estimate of drug-likeness (QED) is 0.604. The molecule has 0 fully saturated rings. The van der Waals surface area contributed by atoms with Crippen molar-refractivity contribution in [2.75, 3.05) is 46.4 Å². The number of alkyl halides is 3. The second-order valence-electron chi connectivity index (χ2n) is 3.99. The molecule has 0 bridgehead atoms. The topological polar surface area (TPSA) is 24.5 Å². The van der Waals surface area contributed by atoms with E-state index in [4.69, 9.17) is 4.74 Å². The van der Waals surface area contributed by atoms with Crippen LogP contribution in [0.25, 0.3) is 0 Å². The van der Waals surface area contributed by atoms with Crippen LogP contribution in [0.1, 0.15) is 19.8 Å². The molecule has 0 saturated carbocycles. The highest BCUT2D eigenvalue weighted by Gasteiger charge is 2.29. The number of ether oxygens (including phenoxy) is 1. The average molecular weight is 256 g/mol. The van der Waals surface area contributed by atoms with E-state index in [-0.39, 0.29) is 0 Å². The molecule has 17 heavy (non-hydrogen) atoms. The summed E-state index contributed by atoms with van der Waals surface area (Å²) < 4.78 is 41.5. The summed E-state index contributed by atoms with van der Waals surface area (Å²) in [4.78, 5) is 1.46. The van der Waals surface area contributed by atoms with Gasteiger partial charge in [0.05, 0.1) is 13.2 Å². The second-order valence-corrected chi connectivity index (χ2v) is 3.99. The summed E-state index contributed by atoms with van der Waals surface area (Å²) >= 11 is 0. The molecule has 0 aromatic carbocycles. The highest BCUT2D eigenvalue weighted by Crippen LogP contribution is 2.16. The Balaban J connectivity index is 3.63. The minimum atomic E-state index is -4.10. The number of hydrogen-bond acceptors (Lipinski definition) is 3. The van der Waals surface area contributed by atoms with Crippen molar-refractivity contribution < 1.29 is 17.9 Å². The van der Waals surface area contributed by atoms with Crippen LogP contribution in [0, 0.1) is 0 Å². The molecule has 0 aliphatic carbocycles. The van der Waals surface area contributed by atoms with E-state index in [9.17, 15) is 13.2 Å². The van der Waals surface area contributed by atoms with E-state index in [1.54, 1.807) is 7.11 Å². The maximum absolute atomic E-state index is 12.2. The Labute approximate surface area is 101 Å². The second kappa shape index (κ2) is 9.67. The molecule has 1 N–H and O–H groups in total. The van der Waals surface area contributed by atoms with Gasteiger partial charge in [0.15, 0.2) is 0 Å². The monoisotopic (exact) mass is 256 g/mol. The van der Waals surface area contributed by atoms with Gasteiger partial charge in [-0.2, -0.15) is 13.2 Å². The van der Waals surface area contributed by atoms with Crippen LogP contribution in [0.5, 0.6) is 0 Å². The van der Waals surface area contributed by atoms with Gasteiger partial charge < -0.3 is 10.1 Å². The smallest absolute Gasteiger partial charge is 0.383 e. The van der Waals surface area contributed by atoms with Crippen LogP contribution in [0.3, 0.4) is 0 Å². The highest BCUT2D eigenvalue weighted by molar-refractivity contribution is 4.63. The first kappa shape index (κ1) is 16.7. The molecule has 0 aromatic heterocycles. The van der Waals surface area contributed by atoms with E-state index < -0.39 is 12.7 Å². The van der Waals surface area contributed by atoms with Crippen LogP contribution < -0.4 is 5.32 Å². The SMILES string of the molecule is CCCN(CCCNCCOC)CC(F)(F)F. The normalized spacial score (nSPS) is 12.4. The zero-order chi connectivity index (χ0) is 13.1. The zero-order valence-corrected chi connectivity index (χ0v) is 10.6. The van der Waals surface area contributed by atoms with E-state index in [0.29, 0.717) is 19.7 Å². The Bertz CT molecular complexity index is 177. The lowest BCUT2D eigenvalue weighted by molar-refractivity contribution is -0.146. The predicted molar refractivity (Wildman–Crippen MR) is 62.1 cm³/mol. The lowest BCUT2D eigenvalue weighted by Crippen LogP contribution is -2.36. The van der Waals surface area contributed by atoms with Gasteiger partial charge in [0, 0.05) is 13.7 Å². The average Bonchev–Trinajstić information content (AvgIpc) is 2.21. The van der Waals surface area contributed by atoms with Gasteiger partial charge in [-0.1, -0.05) is 6.92 Å². The predicted octanol–water partition coefficient (Wildman–Crippen LogP) is 1.89. The number of rotatable bonds is 10. The molecule has 0 aromatic rings. The van der Waals surface area contributed by atoms with Crippen LogP contribution in [0.4, 0.5) is 13.2 Å². The number of nitrogens with zero attached hydrogens (tertiary/aromatic N) is 1. The number of halogens is 3. The van der Waals surface area contributed by atoms with Crippen LogP contribution in [-0.2, 0) is 4.74 Å². The Morgan fingerprint density at radius 3 is 2.41 bits per heavy atom. The van der Waals surface area contributed by atoms with Crippen molar-refractivity contribution in [2.24, 2.45) is 0 Å². The van der Waals surface area contributed by atoms with E-state index in [0.717, 1.165) is 25.9 Å². The molecule has 0 rings (SSSR count). The molecule has 0 spiro atoms. The van der Waals surface area contributed by atoms with Gasteiger partial charge >= 0.3 is 6.18 Å². The minimum absolute atomic E-state index is 0.479. The minimum Gasteiger partial charge on any atom is -0.383 e. The molecular weight excluding hydrogens is 233 g/mol. The third-order valence-corrected chi connectivity index (χ3v) is 2.25. The Hall–Kier alpha value is -0.330. The van der Waals surface area contributed by atoms with Crippen molar-refractivity contribution in [1.82, 2.24) is 10.2 Å². The molecule has 0 aliphatic rings. The van der Waals surface area contributed by atoms with Crippen molar-refractivity contribution in [1.29, 1.82) is 0 Å². The fraction of sp³-hybridized carbons (Fsp3) is 1.00. The molecule has 0 amide bonds. The van der Waals surface area contributed by atoms with Gasteiger partial charge in [-0.25, -0.2) is 0 Å². The molecule has 0 atom stereocenters. The molecule has 104 valence electrons. The zero-order valence-electron chi connectivity index (χ0n) is 10.6. The molecule has 0 saturated heterocycles. The van der Waals surface area contributed by atoms with Crippen LogP contribution >= 0.6 is 0 Å². The van der Waals surface area contributed by atoms with Crippen molar-refractivity contribution in [3.8, 4) is 0 Å². The summed E-state index contributed by atoms with van der Waals surface area (Å²) in [5.41, 5.74) is 0. The number of nitrogens with one attached hydrogen (secondary N) is 1. The summed E-state index contributed by atoms with van der Waals surface area (Å²) in [5.74, 6) is 0. The lowest BCUT2D eigenvalue weighted by Gasteiger charge is -2.22. The van der Waals surface area contributed by atoms with Crippen molar-refractivity contribution >= 4 is 0 Å². The summed E-state index contributed by atoms with van der Waals surface area (Å²) in [6, 6.07) is 0. The van der Waals surface area contributed by atoms with E-state index in [2.05, 4.69) is 5.32 Å². The van der Waals surface area contributed by atoms with Gasteiger partial charge in [-0.15, -0.1) is 0 Å². The Kier molecular flexibility index (Phi) is 9.49. The summed E-state index contributed by atoms with van der Waals surface area (Å²) in [7, 11) is 1.62. The first-order valence-electron chi connectivity index (χ1n) is 5.98. The molecule has 0 unspecified atom stereocenters. The third kappa shape index (κ3) is 11.9. The highest BCUT2D eigenvalue weighted by atomic mass is 19.4. The van der Waals surface area contributed by atoms with E-state index >= 15 is 0 Å².